The number of hydrogen-bond acceptors (Lipinski definition) is 4. The van der Waals surface area contributed by atoms with Gasteiger partial charge in [0.15, 0.2) is 0 Å². The molecule has 0 bridgehead atoms. The number of carbonyl (C=O) groups is 1. The molecule has 0 atom stereocenters. The predicted octanol–water partition coefficient (Wildman–Crippen LogP) is 4.06. The molecule has 3 aromatic rings. The Morgan fingerprint density at radius 2 is 1.61 bits per heavy atom. The van der Waals surface area contributed by atoms with Crippen molar-refractivity contribution >= 4 is 27.3 Å². The molecule has 0 fully saturated rings. The first-order valence-corrected chi connectivity index (χ1v) is 10.0. The molecule has 3 aromatic carbocycles. The molecule has 144 valence electrons. The van der Waals surface area contributed by atoms with E-state index in [4.69, 9.17) is 4.74 Å². The molecule has 6 nitrogen and oxygen atoms in total. The van der Waals surface area contributed by atoms with E-state index in [-0.39, 0.29) is 16.5 Å². The van der Waals surface area contributed by atoms with Gasteiger partial charge in [-0.2, -0.15) is 0 Å². The van der Waals surface area contributed by atoms with Crippen LogP contribution in [0.15, 0.2) is 77.7 Å². The van der Waals surface area contributed by atoms with Crippen molar-refractivity contribution < 1.29 is 17.9 Å². The van der Waals surface area contributed by atoms with Crippen LogP contribution in [-0.2, 0) is 10.0 Å². The van der Waals surface area contributed by atoms with Crippen LogP contribution in [0.25, 0.3) is 0 Å². The fourth-order valence-corrected chi connectivity index (χ4v) is 3.66. The molecule has 7 heteroatoms. The summed E-state index contributed by atoms with van der Waals surface area (Å²) in [6.07, 6.45) is 0. The third kappa shape index (κ3) is 4.50. The van der Waals surface area contributed by atoms with Crippen LogP contribution in [-0.4, -0.2) is 21.4 Å². The van der Waals surface area contributed by atoms with Crippen LogP contribution in [0, 0.1) is 6.92 Å². The highest BCUT2D eigenvalue weighted by Crippen LogP contribution is 2.29. The number of sulfonamides is 1. The topological polar surface area (TPSA) is 84.5 Å². The molecule has 0 spiro atoms. The van der Waals surface area contributed by atoms with Gasteiger partial charge in [0.1, 0.15) is 5.75 Å². The standard InChI is InChI=1S/C21H20N2O4S/c1-15-8-10-16(11-9-15)21(24)22-19-14-18(12-13-20(19)27-2)28(25,26)23-17-6-4-3-5-7-17/h3-14,23H,1-2H3,(H,22,24). The van der Waals surface area contributed by atoms with Crippen LogP contribution in [0.5, 0.6) is 5.75 Å². The number of ether oxygens (including phenoxy) is 1. The smallest absolute Gasteiger partial charge is 0.261 e. The maximum atomic E-state index is 12.7. The molecule has 28 heavy (non-hydrogen) atoms. The minimum atomic E-state index is -3.82. The highest BCUT2D eigenvalue weighted by atomic mass is 32.2. The molecular formula is C21H20N2O4S. The van der Waals surface area contributed by atoms with Gasteiger partial charge in [0.2, 0.25) is 0 Å². The predicted molar refractivity (Wildman–Crippen MR) is 109 cm³/mol. The van der Waals surface area contributed by atoms with E-state index in [9.17, 15) is 13.2 Å². The number of aryl methyl sites for hydroxylation is 1. The number of nitrogens with one attached hydrogen (secondary N) is 2. The fourth-order valence-electron chi connectivity index (χ4n) is 2.57. The zero-order valence-electron chi connectivity index (χ0n) is 15.5. The summed E-state index contributed by atoms with van der Waals surface area (Å²) in [5.74, 6) is 0.00277. The van der Waals surface area contributed by atoms with Crippen LogP contribution < -0.4 is 14.8 Å². The second kappa shape index (κ2) is 8.14. The molecule has 0 saturated heterocycles. The van der Waals surface area contributed by atoms with Crippen molar-refractivity contribution in [2.75, 3.05) is 17.1 Å². The van der Waals surface area contributed by atoms with Crippen molar-refractivity contribution in [1.82, 2.24) is 0 Å². The zero-order valence-corrected chi connectivity index (χ0v) is 16.3. The van der Waals surface area contributed by atoms with Crippen LogP contribution in [0.3, 0.4) is 0 Å². The SMILES string of the molecule is COc1ccc(S(=O)(=O)Nc2ccccc2)cc1NC(=O)c1ccc(C)cc1. The Kier molecular flexibility index (Phi) is 5.65. The number of benzene rings is 3. The molecule has 2 N–H and O–H groups in total. The summed E-state index contributed by atoms with van der Waals surface area (Å²) in [6, 6.07) is 19.9. The first kappa shape index (κ1) is 19.4. The first-order valence-electron chi connectivity index (χ1n) is 8.53. The molecule has 1 amide bonds. The molecule has 0 aromatic heterocycles. The van der Waals surface area contributed by atoms with Crippen molar-refractivity contribution in [2.24, 2.45) is 0 Å². The lowest BCUT2D eigenvalue weighted by molar-refractivity contribution is 0.102. The van der Waals surface area contributed by atoms with E-state index in [1.165, 1.54) is 25.3 Å². The van der Waals surface area contributed by atoms with Gasteiger partial charge >= 0.3 is 0 Å². The molecular weight excluding hydrogens is 376 g/mol. The lowest BCUT2D eigenvalue weighted by Crippen LogP contribution is -2.15. The Hall–Kier alpha value is -3.32. The van der Waals surface area contributed by atoms with Gasteiger partial charge in [-0.25, -0.2) is 8.42 Å². The quantitative estimate of drug-likeness (QED) is 0.658. The Balaban J connectivity index is 1.89. The van der Waals surface area contributed by atoms with Crippen LogP contribution in [0.1, 0.15) is 15.9 Å². The minimum absolute atomic E-state index is 0.0105. The van der Waals surface area contributed by atoms with Crippen molar-refractivity contribution in [2.45, 2.75) is 11.8 Å². The fraction of sp³-hybridized carbons (Fsp3) is 0.0952. The number of amides is 1. The summed E-state index contributed by atoms with van der Waals surface area (Å²) < 4.78 is 33.1. The lowest BCUT2D eigenvalue weighted by atomic mass is 10.1. The molecule has 0 unspecified atom stereocenters. The Bertz CT molecular complexity index is 1080. The van der Waals surface area contributed by atoms with E-state index in [1.807, 2.05) is 19.1 Å². The van der Waals surface area contributed by atoms with Gasteiger partial charge in [0.25, 0.3) is 15.9 Å². The molecule has 3 rings (SSSR count). The first-order chi connectivity index (χ1) is 13.4. The van der Waals surface area contributed by atoms with Gasteiger partial charge in [0, 0.05) is 11.3 Å². The van der Waals surface area contributed by atoms with E-state index < -0.39 is 10.0 Å². The van der Waals surface area contributed by atoms with Gasteiger partial charge in [-0.15, -0.1) is 0 Å². The van der Waals surface area contributed by atoms with Gasteiger partial charge in [0.05, 0.1) is 17.7 Å². The van der Waals surface area contributed by atoms with Gasteiger partial charge in [-0.1, -0.05) is 35.9 Å². The van der Waals surface area contributed by atoms with Crippen molar-refractivity contribution in [3.05, 3.63) is 83.9 Å². The lowest BCUT2D eigenvalue weighted by Gasteiger charge is -2.13. The van der Waals surface area contributed by atoms with E-state index in [2.05, 4.69) is 10.0 Å². The third-order valence-corrected chi connectivity index (χ3v) is 5.45. The van der Waals surface area contributed by atoms with E-state index >= 15 is 0 Å². The maximum Gasteiger partial charge on any atom is 0.261 e. The zero-order chi connectivity index (χ0) is 20.1. The number of carbonyl (C=O) groups excluding carboxylic acids is 1. The average molecular weight is 396 g/mol. The molecule has 0 radical (unpaired) electrons. The number of hydrogen-bond donors (Lipinski definition) is 2. The average Bonchev–Trinajstić information content (AvgIpc) is 2.69. The normalized spacial score (nSPS) is 10.9. The van der Waals surface area contributed by atoms with Crippen molar-refractivity contribution in [3.63, 3.8) is 0 Å². The summed E-state index contributed by atoms with van der Waals surface area (Å²) >= 11 is 0. The van der Waals surface area contributed by atoms with E-state index in [1.54, 1.807) is 42.5 Å². The summed E-state index contributed by atoms with van der Waals surface area (Å²) in [4.78, 5) is 12.5. The van der Waals surface area contributed by atoms with E-state index in [0.29, 0.717) is 17.0 Å². The van der Waals surface area contributed by atoms with Gasteiger partial charge in [-0.05, 0) is 49.4 Å². The minimum Gasteiger partial charge on any atom is -0.495 e. The van der Waals surface area contributed by atoms with Crippen molar-refractivity contribution in [1.29, 1.82) is 0 Å². The summed E-state index contributed by atoms with van der Waals surface area (Å²) in [5, 5.41) is 2.72. The number of rotatable bonds is 6. The largest absolute Gasteiger partial charge is 0.495 e. The maximum absolute atomic E-state index is 12.7. The number of anilines is 2. The summed E-state index contributed by atoms with van der Waals surface area (Å²) in [7, 11) is -2.37. The second-order valence-electron chi connectivity index (χ2n) is 6.15. The third-order valence-electron chi connectivity index (χ3n) is 4.07. The molecule has 0 heterocycles. The summed E-state index contributed by atoms with van der Waals surface area (Å²) in [6.45, 7) is 1.93. The molecule has 0 aliphatic heterocycles. The molecule has 0 aliphatic carbocycles. The van der Waals surface area contributed by atoms with Crippen LogP contribution >= 0.6 is 0 Å². The Morgan fingerprint density at radius 3 is 2.25 bits per heavy atom. The highest BCUT2D eigenvalue weighted by Gasteiger charge is 2.18. The van der Waals surface area contributed by atoms with E-state index in [0.717, 1.165) is 5.56 Å². The van der Waals surface area contributed by atoms with Gasteiger partial charge < -0.3 is 10.1 Å². The second-order valence-corrected chi connectivity index (χ2v) is 7.84. The number of para-hydroxylation sites is 1. The number of methoxy groups -OCH3 is 1. The Labute approximate surface area is 164 Å². The van der Waals surface area contributed by atoms with Crippen LogP contribution in [0.4, 0.5) is 11.4 Å². The summed E-state index contributed by atoms with van der Waals surface area (Å²) in [5.41, 5.74) is 2.21. The Morgan fingerprint density at radius 1 is 0.929 bits per heavy atom. The van der Waals surface area contributed by atoms with Crippen LogP contribution in [0.2, 0.25) is 0 Å². The highest BCUT2D eigenvalue weighted by molar-refractivity contribution is 7.92. The monoisotopic (exact) mass is 396 g/mol. The molecule has 0 saturated carbocycles. The van der Waals surface area contributed by atoms with Gasteiger partial charge in [-0.3, -0.25) is 9.52 Å². The molecule has 0 aliphatic rings. The van der Waals surface area contributed by atoms with Crippen molar-refractivity contribution in [3.8, 4) is 5.75 Å².